The maximum Gasteiger partial charge on any atom is 0.240 e. The van der Waals surface area contributed by atoms with Crippen molar-refractivity contribution >= 4 is 33.9 Å². The molecule has 0 radical (unpaired) electrons. The molecule has 14 heteroatoms. The van der Waals surface area contributed by atoms with Gasteiger partial charge < -0.3 is 15.9 Å². The molecule has 1 aromatic carbocycles. The summed E-state index contributed by atoms with van der Waals surface area (Å²) in [4.78, 5) is 20.6. The number of hydrogen-bond donors (Lipinski definition) is 6. The van der Waals surface area contributed by atoms with Crippen LogP contribution in [-0.2, 0) is 14.8 Å². The second kappa shape index (κ2) is 12.6. The van der Waals surface area contributed by atoms with Gasteiger partial charge in [0.05, 0.1) is 36.3 Å². The SMILES string of the molecule is CC(C)c1nc(N(C)S(C)(=O)=O)nc(-c2ccc(F)cc2)c1/C=C/[C@H](O)C[C@@H](O)CC(=O)NNC(=N)N. The van der Waals surface area contributed by atoms with Crippen LogP contribution < -0.4 is 20.9 Å². The molecule has 12 nitrogen and oxygen atoms in total. The molecular formula is C23H32FN7O5S. The van der Waals surface area contributed by atoms with Crippen molar-refractivity contribution in [1.82, 2.24) is 20.8 Å². The van der Waals surface area contributed by atoms with Crippen molar-refractivity contribution in [1.29, 1.82) is 5.41 Å². The average Bonchev–Trinajstić information content (AvgIpc) is 2.80. The molecule has 202 valence electrons. The van der Waals surface area contributed by atoms with Gasteiger partial charge in [0, 0.05) is 24.6 Å². The summed E-state index contributed by atoms with van der Waals surface area (Å²) < 4.78 is 38.8. The number of nitrogens with one attached hydrogen (secondary N) is 3. The Labute approximate surface area is 215 Å². The van der Waals surface area contributed by atoms with Crippen LogP contribution >= 0.6 is 0 Å². The molecule has 2 aromatic rings. The third-order valence-corrected chi connectivity index (χ3v) is 6.32. The Kier molecular flexibility index (Phi) is 10.1. The molecule has 0 bridgehead atoms. The minimum atomic E-state index is -3.67. The van der Waals surface area contributed by atoms with E-state index < -0.39 is 39.9 Å². The van der Waals surface area contributed by atoms with Crippen LogP contribution in [0.1, 0.15) is 43.9 Å². The summed E-state index contributed by atoms with van der Waals surface area (Å²) in [7, 11) is -2.34. The first kappa shape index (κ1) is 29.6. The van der Waals surface area contributed by atoms with Crippen molar-refractivity contribution in [3.63, 3.8) is 0 Å². The van der Waals surface area contributed by atoms with Gasteiger partial charge in [-0.3, -0.25) is 21.1 Å². The number of benzene rings is 1. The molecule has 0 fully saturated rings. The van der Waals surface area contributed by atoms with Gasteiger partial charge in [0.2, 0.25) is 27.8 Å². The summed E-state index contributed by atoms with van der Waals surface area (Å²) in [6, 6.07) is 5.49. The quantitative estimate of drug-likeness (QED) is 0.145. The normalized spacial score (nSPS) is 13.4. The molecule has 2 rings (SSSR count). The molecule has 1 amide bonds. The molecule has 0 aliphatic heterocycles. The third kappa shape index (κ3) is 8.77. The van der Waals surface area contributed by atoms with Crippen LogP contribution in [0.4, 0.5) is 10.3 Å². The van der Waals surface area contributed by atoms with Crippen LogP contribution in [0.15, 0.2) is 30.3 Å². The number of aliphatic hydroxyl groups excluding tert-OH is 2. The van der Waals surface area contributed by atoms with E-state index in [1.807, 2.05) is 13.8 Å². The van der Waals surface area contributed by atoms with Gasteiger partial charge in [0.25, 0.3) is 0 Å². The number of aromatic nitrogens is 2. The van der Waals surface area contributed by atoms with Crippen LogP contribution in [0.5, 0.6) is 0 Å². The zero-order chi connectivity index (χ0) is 27.9. The van der Waals surface area contributed by atoms with Crippen molar-refractivity contribution in [2.24, 2.45) is 5.73 Å². The highest BCUT2D eigenvalue weighted by Crippen LogP contribution is 2.31. The lowest BCUT2D eigenvalue weighted by Crippen LogP contribution is -2.45. The number of nitrogens with zero attached hydrogens (tertiary/aromatic N) is 3. The monoisotopic (exact) mass is 537 g/mol. The Morgan fingerprint density at radius 1 is 1.22 bits per heavy atom. The predicted octanol–water partition coefficient (Wildman–Crippen LogP) is 0.831. The maximum atomic E-state index is 13.6. The molecule has 0 aliphatic carbocycles. The van der Waals surface area contributed by atoms with Crippen molar-refractivity contribution < 1.29 is 27.8 Å². The smallest absolute Gasteiger partial charge is 0.240 e. The maximum absolute atomic E-state index is 13.6. The number of rotatable bonds is 10. The number of sulfonamides is 1. The van der Waals surface area contributed by atoms with Gasteiger partial charge in [-0.2, -0.15) is 0 Å². The van der Waals surface area contributed by atoms with Crippen molar-refractivity contribution in [2.75, 3.05) is 17.6 Å². The van der Waals surface area contributed by atoms with E-state index in [9.17, 15) is 27.8 Å². The van der Waals surface area contributed by atoms with E-state index in [0.29, 0.717) is 22.5 Å². The van der Waals surface area contributed by atoms with E-state index in [1.54, 1.807) is 6.08 Å². The molecule has 7 N–H and O–H groups in total. The van der Waals surface area contributed by atoms with E-state index in [0.717, 1.165) is 10.6 Å². The third-order valence-electron chi connectivity index (χ3n) is 5.16. The van der Waals surface area contributed by atoms with Gasteiger partial charge in [0.15, 0.2) is 0 Å². The number of anilines is 1. The Morgan fingerprint density at radius 3 is 2.38 bits per heavy atom. The molecule has 0 saturated carbocycles. The van der Waals surface area contributed by atoms with E-state index in [4.69, 9.17) is 11.1 Å². The van der Waals surface area contributed by atoms with E-state index in [-0.39, 0.29) is 24.7 Å². The summed E-state index contributed by atoms with van der Waals surface area (Å²) >= 11 is 0. The fraction of sp³-hybridized carbons (Fsp3) is 0.391. The molecule has 2 atom stereocenters. The molecular weight excluding hydrogens is 505 g/mol. The lowest BCUT2D eigenvalue weighted by atomic mass is 9.97. The molecule has 37 heavy (non-hydrogen) atoms. The molecule has 0 aliphatic rings. The zero-order valence-electron chi connectivity index (χ0n) is 20.9. The number of hydrazine groups is 1. The van der Waals surface area contributed by atoms with Crippen LogP contribution in [0, 0.1) is 11.2 Å². The summed E-state index contributed by atoms with van der Waals surface area (Å²) in [5.41, 5.74) is 11.1. The Balaban J connectivity index is 2.43. The second-order valence-electron chi connectivity index (χ2n) is 8.67. The summed E-state index contributed by atoms with van der Waals surface area (Å²) in [5.74, 6) is -1.81. The Hall–Kier alpha value is -3.62. The Bertz CT molecular complexity index is 1250. The fourth-order valence-corrected chi connectivity index (χ4v) is 3.62. The Morgan fingerprint density at radius 2 is 1.84 bits per heavy atom. The van der Waals surface area contributed by atoms with Gasteiger partial charge >= 0.3 is 0 Å². The van der Waals surface area contributed by atoms with E-state index in [1.165, 1.54) is 37.4 Å². The second-order valence-corrected chi connectivity index (χ2v) is 10.7. The largest absolute Gasteiger partial charge is 0.392 e. The number of aliphatic hydroxyl groups is 2. The average molecular weight is 538 g/mol. The molecule has 0 spiro atoms. The molecule has 0 unspecified atom stereocenters. The first-order chi connectivity index (χ1) is 17.2. The van der Waals surface area contributed by atoms with Crippen molar-refractivity contribution in [3.8, 4) is 11.3 Å². The van der Waals surface area contributed by atoms with Gasteiger partial charge in [0.1, 0.15) is 5.82 Å². The van der Waals surface area contributed by atoms with Gasteiger partial charge in [-0.25, -0.2) is 27.1 Å². The first-order valence-electron chi connectivity index (χ1n) is 11.2. The number of guanidine groups is 1. The topological polar surface area (TPSA) is 195 Å². The standard InChI is InChI=1S/C23H32FN7O5S/c1-13(2)20-18(10-9-16(32)11-17(33)12-19(34)29-30-22(25)26)21(14-5-7-15(24)8-6-14)28-23(27-20)31(3)37(4,35)36/h5-10,13,16-17,32-33H,11-12H2,1-4H3,(H,29,34)(H4,25,26,30)/b10-9+/t16-,17+/m0/s1. The highest BCUT2D eigenvalue weighted by molar-refractivity contribution is 7.92. The first-order valence-corrected chi connectivity index (χ1v) is 13.1. The fourth-order valence-electron chi connectivity index (χ4n) is 3.25. The molecule has 1 heterocycles. The lowest BCUT2D eigenvalue weighted by Gasteiger charge is -2.20. The molecule has 0 saturated heterocycles. The van der Waals surface area contributed by atoms with Crippen LogP contribution in [-0.4, -0.2) is 66.0 Å². The highest BCUT2D eigenvalue weighted by Gasteiger charge is 2.22. The van der Waals surface area contributed by atoms with Crippen molar-refractivity contribution in [3.05, 3.63) is 47.4 Å². The number of hydrogen-bond acceptors (Lipinski definition) is 8. The number of amides is 1. The van der Waals surface area contributed by atoms with Gasteiger partial charge in [-0.15, -0.1) is 0 Å². The number of carbonyl (C=O) groups excluding carboxylic acids is 1. The number of nitrogens with two attached hydrogens (primary N) is 1. The van der Waals surface area contributed by atoms with Gasteiger partial charge in [-0.05, 0) is 30.2 Å². The number of carbonyl (C=O) groups is 1. The van der Waals surface area contributed by atoms with Gasteiger partial charge in [-0.1, -0.05) is 26.0 Å². The summed E-state index contributed by atoms with van der Waals surface area (Å²) in [5, 5.41) is 27.6. The minimum Gasteiger partial charge on any atom is -0.392 e. The number of halogens is 1. The van der Waals surface area contributed by atoms with Crippen LogP contribution in [0.2, 0.25) is 0 Å². The van der Waals surface area contributed by atoms with Crippen LogP contribution in [0.3, 0.4) is 0 Å². The molecule has 1 aromatic heterocycles. The van der Waals surface area contributed by atoms with E-state index >= 15 is 0 Å². The summed E-state index contributed by atoms with van der Waals surface area (Å²) in [6.45, 7) is 3.71. The lowest BCUT2D eigenvalue weighted by molar-refractivity contribution is -0.123. The van der Waals surface area contributed by atoms with Crippen LogP contribution in [0.25, 0.3) is 17.3 Å². The summed E-state index contributed by atoms with van der Waals surface area (Å²) in [6.07, 6.45) is 1.08. The van der Waals surface area contributed by atoms with Crippen molar-refractivity contribution in [2.45, 2.75) is 44.8 Å². The zero-order valence-corrected chi connectivity index (χ0v) is 21.8. The predicted molar refractivity (Wildman–Crippen MR) is 138 cm³/mol. The van der Waals surface area contributed by atoms with E-state index in [2.05, 4.69) is 20.8 Å². The minimum absolute atomic E-state index is 0.0659. The highest BCUT2D eigenvalue weighted by atomic mass is 32.2.